The topological polar surface area (TPSA) is 59.0 Å². The molecule has 1 saturated heterocycles. The summed E-state index contributed by atoms with van der Waals surface area (Å²) >= 11 is 0. The van der Waals surface area contributed by atoms with Crippen LogP contribution in [-0.4, -0.2) is 47.0 Å². The zero-order chi connectivity index (χ0) is 16.2. The van der Waals surface area contributed by atoms with Crippen LogP contribution in [0.5, 0.6) is 0 Å². The number of benzene rings is 1. The van der Waals surface area contributed by atoms with Crippen molar-refractivity contribution in [2.45, 2.75) is 51.5 Å². The summed E-state index contributed by atoms with van der Waals surface area (Å²) in [6.07, 6.45) is -0.404. The van der Waals surface area contributed by atoms with Crippen LogP contribution in [0.1, 0.15) is 32.8 Å². The van der Waals surface area contributed by atoms with Crippen molar-refractivity contribution < 1.29 is 19.4 Å². The summed E-state index contributed by atoms with van der Waals surface area (Å²) in [5.41, 5.74) is 0.527. The molecule has 5 heteroatoms. The summed E-state index contributed by atoms with van der Waals surface area (Å²) in [4.78, 5) is 13.8. The summed E-state index contributed by atoms with van der Waals surface area (Å²) < 4.78 is 11.1. The van der Waals surface area contributed by atoms with Gasteiger partial charge < -0.3 is 19.5 Å². The van der Waals surface area contributed by atoms with Gasteiger partial charge in [-0.15, -0.1) is 0 Å². The molecule has 1 heterocycles. The average molecular weight is 307 g/mol. The van der Waals surface area contributed by atoms with Crippen molar-refractivity contribution in [3.8, 4) is 0 Å². The van der Waals surface area contributed by atoms with Gasteiger partial charge in [0, 0.05) is 6.54 Å². The van der Waals surface area contributed by atoms with Gasteiger partial charge in [0.15, 0.2) is 0 Å². The first-order valence-corrected chi connectivity index (χ1v) is 7.66. The lowest BCUT2D eigenvalue weighted by Gasteiger charge is -2.29. The first-order valence-electron chi connectivity index (χ1n) is 7.66. The van der Waals surface area contributed by atoms with E-state index in [4.69, 9.17) is 9.47 Å². The zero-order valence-electron chi connectivity index (χ0n) is 13.5. The Morgan fingerprint density at radius 1 is 1.32 bits per heavy atom. The van der Waals surface area contributed by atoms with Crippen molar-refractivity contribution >= 4 is 6.09 Å². The number of rotatable bonds is 4. The Bertz CT molecular complexity index is 483. The number of carbonyl (C=O) groups excluding carboxylic acids is 1. The van der Waals surface area contributed by atoms with Crippen LogP contribution >= 0.6 is 0 Å². The highest BCUT2D eigenvalue weighted by atomic mass is 16.6. The highest BCUT2D eigenvalue weighted by Crippen LogP contribution is 2.22. The molecule has 1 N–H and O–H groups in total. The molecule has 1 aliphatic rings. The van der Waals surface area contributed by atoms with Gasteiger partial charge in [0.25, 0.3) is 0 Å². The molecule has 0 bridgehead atoms. The minimum Gasteiger partial charge on any atom is -0.444 e. The van der Waals surface area contributed by atoms with Crippen molar-refractivity contribution in [2.75, 3.05) is 13.2 Å². The second-order valence-corrected chi connectivity index (χ2v) is 6.60. The Kier molecular flexibility index (Phi) is 5.42. The van der Waals surface area contributed by atoms with Gasteiger partial charge in [-0.1, -0.05) is 30.3 Å². The Balaban J connectivity index is 1.88. The van der Waals surface area contributed by atoms with Gasteiger partial charge in [-0.25, -0.2) is 4.79 Å². The third-order valence-corrected chi connectivity index (χ3v) is 3.54. The lowest BCUT2D eigenvalue weighted by Crippen LogP contribution is -2.45. The molecule has 0 radical (unpaired) electrons. The van der Waals surface area contributed by atoms with Crippen LogP contribution in [0.15, 0.2) is 30.3 Å². The van der Waals surface area contributed by atoms with Crippen molar-refractivity contribution in [1.29, 1.82) is 0 Å². The summed E-state index contributed by atoms with van der Waals surface area (Å²) in [6, 6.07) is 9.48. The van der Waals surface area contributed by atoms with Gasteiger partial charge in [-0.2, -0.15) is 0 Å². The van der Waals surface area contributed by atoms with Gasteiger partial charge in [0.2, 0.25) is 0 Å². The molecule has 2 atom stereocenters. The van der Waals surface area contributed by atoms with E-state index >= 15 is 0 Å². The first-order chi connectivity index (χ1) is 10.4. The molecule has 1 aromatic rings. The Hall–Kier alpha value is -1.59. The highest BCUT2D eigenvalue weighted by molar-refractivity contribution is 5.69. The monoisotopic (exact) mass is 307 g/mol. The highest BCUT2D eigenvalue weighted by Gasteiger charge is 2.38. The molecule has 1 amide bonds. The van der Waals surface area contributed by atoms with E-state index in [1.54, 1.807) is 4.90 Å². The van der Waals surface area contributed by atoms with E-state index < -0.39 is 17.8 Å². The number of carbonyl (C=O) groups is 1. The molecule has 122 valence electrons. The molecule has 0 unspecified atom stereocenters. The average Bonchev–Trinajstić information content (AvgIpc) is 2.80. The molecule has 1 aliphatic heterocycles. The number of aliphatic hydroxyl groups excluding tert-OH is 1. The van der Waals surface area contributed by atoms with Gasteiger partial charge >= 0.3 is 6.09 Å². The predicted octanol–water partition coefficient (Wildman–Crippen LogP) is 2.57. The number of nitrogens with zero attached hydrogens (tertiary/aromatic N) is 1. The minimum atomic E-state index is -0.566. The van der Waals surface area contributed by atoms with E-state index in [0.717, 1.165) is 5.56 Å². The van der Waals surface area contributed by atoms with Crippen LogP contribution in [0.2, 0.25) is 0 Å². The zero-order valence-corrected chi connectivity index (χ0v) is 13.5. The minimum absolute atomic E-state index is 0.301. The van der Waals surface area contributed by atoms with E-state index in [-0.39, 0.29) is 6.04 Å². The second kappa shape index (κ2) is 7.11. The quantitative estimate of drug-likeness (QED) is 0.929. The molecule has 1 fully saturated rings. The Labute approximate surface area is 131 Å². The fraction of sp³-hybridized carbons (Fsp3) is 0.588. The van der Waals surface area contributed by atoms with E-state index in [1.165, 1.54) is 0 Å². The normalized spacial score (nSPS) is 21.9. The van der Waals surface area contributed by atoms with Gasteiger partial charge in [-0.05, 0) is 32.8 Å². The fourth-order valence-electron chi connectivity index (χ4n) is 2.46. The Morgan fingerprint density at radius 3 is 2.64 bits per heavy atom. The SMILES string of the molecule is CC(C)(C)OC(=O)N1CC[C@@H](O)[C@H]1COCc1ccccc1. The number of ether oxygens (including phenoxy) is 2. The van der Waals surface area contributed by atoms with Crippen molar-refractivity contribution in [1.82, 2.24) is 4.90 Å². The maximum absolute atomic E-state index is 12.2. The Morgan fingerprint density at radius 2 is 2.00 bits per heavy atom. The summed E-state index contributed by atoms with van der Waals surface area (Å²) in [6.45, 7) is 6.76. The first kappa shape index (κ1) is 16.8. The van der Waals surface area contributed by atoms with Crippen LogP contribution in [0.25, 0.3) is 0 Å². The van der Waals surface area contributed by atoms with Gasteiger partial charge in [0.05, 0.1) is 25.4 Å². The maximum Gasteiger partial charge on any atom is 0.410 e. The van der Waals surface area contributed by atoms with E-state index in [1.807, 2.05) is 51.1 Å². The number of aliphatic hydroxyl groups is 1. The molecule has 0 aliphatic carbocycles. The molecule has 0 saturated carbocycles. The van der Waals surface area contributed by atoms with Crippen molar-refractivity contribution in [2.24, 2.45) is 0 Å². The van der Waals surface area contributed by atoms with Crippen molar-refractivity contribution in [3.63, 3.8) is 0 Å². The fourth-order valence-corrected chi connectivity index (χ4v) is 2.46. The molecule has 2 rings (SSSR count). The van der Waals surface area contributed by atoms with Crippen LogP contribution < -0.4 is 0 Å². The third-order valence-electron chi connectivity index (χ3n) is 3.54. The van der Waals surface area contributed by atoms with E-state index in [9.17, 15) is 9.90 Å². The third kappa shape index (κ3) is 4.71. The molecule has 5 nitrogen and oxygen atoms in total. The molecule has 0 aromatic heterocycles. The van der Waals surface area contributed by atoms with Gasteiger partial charge in [-0.3, -0.25) is 0 Å². The second-order valence-electron chi connectivity index (χ2n) is 6.60. The number of likely N-dealkylation sites (tertiary alicyclic amines) is 1. The van der Waals surface area contributed by atoms with Crippen LogP contribution in [0.4, 0.5) is 4.79 Å². The number of hydrogen-bond acceptors (Lipinski definition) is 4. The summed E-state index contributed by atoms with van der Waals surface area (Å²) in [7, 11) is 0. The van der Waals surface area contributed by atoms with Crippen LogP contribution in [0, 0.1) is 0 Å². The molecule has 1 aromatic carbocycles. The predicted molar refractivity (Wildman–Crippen MR) is 83.4 cm³/mol. The largest absolute Gasteiger partial charge is 0.444 e. The number of amides is 1. The van der Waals surface area contributed by atoms with Crippen LogP contribution in [0.3, 0.4) is 0 Å². The van der Waals surface area contributed by atoms with E-state index in [2.05, 4.69) is 0 Å². The maximum atomic E-state index is 12.2. The van der Waals surface area contributed by atoms with E-state index in [0.29, 0.717) is 26.2 Å². The standard InChI is InChI=1S/C17H25NO4/c1-17(2,3)22-16(20)18-10-9-15(19)14(18)12-21-11-13-7-5-4-6-8-13/h4-8,14-15,19H,9-12H2,1-3H3/t14-,15-/m1/s1. The van der Waals surface area contributed by atoms with Crippen LogP contribution in [-0.2, 0) is 16.1 Å². The lowest BCUT2D eigenvalue weighted by molar-refractivity contribution is -0.00744. The molecule has 0 spiro atoms. The van der Waals surface area contributed by atoms with Crippen molar-refractivity contribution in [3.05, 3.63) is 35.9 Å². The lowest BCUT2D eigenvalue weighted by atomic mass is 10.2. The molecular formula is C17H25NO4. The summed E-state index contributed by atoms with van der Waals surface area (Å²) in [5.74, 6) is 0. The molecular weight excluding hydrogens is 282 g/mol. The summed E-state index contributed by atoms with van der Waals surface area (Å²) in [5, 5.41) is 10.1. The smallest absolute Gasteiger partial charge is 0.410 e. The van der Waals surface area contributed by atoms with Gasteiger partial charge in [0.1, 0.15) is 5.60 Å². The molecule has 22 heavy (non-hydrogen) atoms. The number of hydrogen-bond donors (Lipinski definition) is 1.